The Bertz CT molecular complexity index is 604. The molecule has 1 fully saturated rings. The summed E-state index contributed by atoms with van der Waals surface area (Å²) in [6, 6.07) is 1.92. The van der Waals surface area contributed by atoms with Crippen LogP contribution in [-0.2, 0) is 11.3 Å². The van der Waals surface area contributed by atoms with Crippen molar-refractivity contribution in [2.75, 3.05) is 25.1 Å². The molecule has 0 aromatic carbocycles. The first-order valence-electron chi connectivity index (χ1n) is 7.40. The van der Waals surface area contributed by atoms with Gasteiger partial charge in [0.15, 0.2) is 0 Å². The highest BCUT2D eigenvalue weighted by Crippen LogP contribution is 2.21. The monoisotopic (exact) mass is 287 g/mol. The fourth-order valence-electron chi connectivity index (χ4n) is 2.66. The molecule has 1 aliphatic rings. The largest absolute Gasteiger partial charge is 0.378 e. The third kappa shape index (κ3) is 3.05. The van der Waals surface area contributed by atoms with Gasteiger partial charge in [-0.25, -0.2) is 9.67 Å². The molecule has 2 aromatic heterocycles. The van der Waals surface area contributed by atoms with Gasteiger partial charge in [-0.05, 0) is 32.3 Å². The van der Waals surface area contributed by atoms with E-state index in [-0.39, 0.29) is 0 Å². The van der Waals surface area contributed by atoms with Crippen molar-refractivity contribution in [1.29, 1.82) is 0 Å². The number of methoxy groups -OCH3 is 1. The van der Waals surface area contributed by atoms with E-state index in [4.69, 9.17) is 9.72 Å². The van der Waals surface area contributed by atoms with Gasteiger partial charge < -0.3 is 9.64 Å². The van der Waals surface area contributed by atoms with E-state index in [0.29, 0.717) is 12.6 Å². The highest BCUT2D eigenvalue weighted by Gasteiger charge is 2.16. The van der Waals surface area contributed by atoms with Crippen LogP contribution in [-0.4, -0.2) is 39.9 Å². The van der Waals surface area contributed by atoms with Gasteiger partial charge in [0.1, 0.15) is 5.82 Å². The van der Waals surface area contributed by atoms with Crippen LogP contribution in [0.3, 0.4) is 0 Å². The molecule has 6 nitrogen and oxygen atoms in total. The number of hydrogen-bond acceptors (Lipinski definition) is 5. The lowest BCUT2D eigenvalue weighted by molar-refractivity contribution is 0.181. The van der Waals surface area contributed by atoms with Crippen molar-refractivity contribution in [3.8, 4) is 5.95 Å². The molecular formula is C15H21N5O. The van der Waals surface area contributed by atoms with Gasteiger partial charge in [0.25, 0.3) is 5.95 Å². The highest BCUT2D eigenvalue weighted by molar-refractivity contribution is 5.47. The third-order valence-electron chi connectivity index (χ3n) is 3.73. The van der Waals surface area contributed by atoms with Crippen molar-refractivity contribution in [1.82, 2.24) is 19.7 Å². The lowest BCUT2D eigenvalue weighted by Gasteiger charge is -2.28. The summed E-state index contributed by atoms with van der Waals surface area (Å²) in [7, 11) is 1.66. The number of ether oxygens (including phenoxy) is 1. The molecule has 0 atom stereocenters. The first-order valence-corrected chi connectivity index (χ1v) is 7.40. The van der Waals surface area contributed by atoms with E-state index in [1.54, 1.807) is 11.8 Å². The molecule has 3 rings (SSSR count). The Hall–Kier alpha value is -1.95. The molecule has 2 aromatic rings. The second-order valence-corrected chi connectivity index (χ2v) is 5.41. The summed E-state index contributed by atoms with van der Waals surface area (Å²) in [4.78, 5) is 11.5. The van der Waals surface area contributed by atoms with E-state index in [1.807, 2.05) is 18.5 Å². The van der Waals surface area contributed by atoms with Crippen molar-refractivity contribution < 1.29 is 4.74 Å². The molecule has 6 heteroatoms. The molecule has 112 valence electrons. The van der Waals surface area contributed by atoms with Crippen LogP contribution in [0.25, 0.3) is 5.95 Å². The van der Waals surface area contributed by atoms with E-state index >= 15 is 0 Å². The number of aromatic nitrogens is 4. The van der Waals surface area contributed by atoms with Gasteiger partial charge in [-0.3, -0.25) is 0 Å². The van der Waals surface area contributed by atoms with E-state index < -0.39 is 0 Å². The molecule has 0 saturated carbocycles. The predicted molar refractivity (Wildman–Crippen MR) is 80.7 cm³/mol. The average molecular weight is 287 g/mol. The number of aryl methyl sites for hydroxylation is 1. The van der Waals surface area contributed by atoms with Crippen molar-refractivity contribution in [2.24, 2.45) is 0 Å². The zero-order chi connectivity index (χ0) is 14.7. The van der Waals surface area contributed by atoms with Gasteiger partial charge in [0.2, 0.25) is 0 Å². The Labute approximate surface area is 124 Å². The normalized spacial score (nSPS) is 15.4. The molecule has 0 amide bonds. The maximum Gasteiger partial charge on any atom is 0.252 e. The standard InChI is InChI=1S/C15H21N5O/c1-12-10-16-15(20-9-6-13(18-20)11-21-2)17-14(12)19-7-4-3-5-8-19/h6,9-10H,3-5,7-8,11H2,1-2H3. The van der Waals surface area contributed by atoms with Gasteiger partial charge in [-0.1, -0.05) is 0 Å². The quantitative estimate of drug-likeness (QED) is 0.862. The number of rotatable bonds is 4. The van der Waals surface area contributed by atoms with Crippen LogP contribution in [0.4, 0.5) is 5.82 Å². The molecule has 0 aliphatic carbocycles. The van der Waals surface area contributed by atoms with Crippen LogP contribution in [0.5, 0.6) is 0 Å². The van der Waals surface area contributed by atoms with Gasteiger partial charge in [0, 0.05) is 38.2 Å². The third-order valence-corrected chi connectivity index (χ3v) is 3.73. The zero-order valence-corrected chi connectivity index (χ0v) is 12.6. The first kappa shape index (κ1) is 14.0. The molecule has 0 unspecified atom stereocenters. The minimum Gasteiger partial charge on any atom is -0.378 e. The second-order valence-electron chi connectivity index (χ2n) is 5.41. The van der Waals surface area contributed by atoms with Gasteiger partial charge in [0.05, 0.1) is 12.3 Å². The minimum absolute atomic E-state index is 0.498. The maximum atomic E-state index is 5.09. The summed E-state index contributed by atoms with van der Waals surface area (Å²) in [6.07, 6.45) is 7.53. The van der Waals surface area contributed by atoms with Crippen LogP contribution in [0.1, 0.15) is 30.5 Å². The summed E-state index contributed by atoms with van der Waals surface area (Å²) < 4.78 is 6.80. The summed E-state index contributed by atoms with van der Waals surface area (Å²) in [5, 5.41) is 4.43. The van der Waals surface area contributed by atoms with Gasteiger partial charge in [-0.2, -0.15) is 10.1 Å². The lowest BCUT2D eigenvalue weighted by atomic mass is 10.1. The summed E-state index contributed by atoms with van der Waals surface area (Å²) in [5.74, 6) is 1.65. The van der Waals surface area contributed by atoms with Crippen LogP contribution in [0.2, 0.25) is 0 Å². The fraction of sp³-hybridized carbons (Fsp3) is 0.533. The molecule has 0 radical (unpaired) electrons. The fourth-order valence-corrected chi connectivity index (χ4v) is 2.66. The van der Waals surface area contributed by atoms with E-state index in [0.717, 1.165) is 30.2 Å². The van der Waals surface area contributed by atoms with E-state index in [2.05, 4.69) is 21.9 Å². The Morgan fingerprint density at radius 2 is 2.05 bits per heavy atom. The van der Waals surface area contributed by atoms with Crippen molar-refractivity contribution >= 4 is 5.82 Å². The van der Waals surface area contributed by atoms with Crippen molar-refractivity contribution in [2.45, 2.75) is 32.8 Å². The Balaban J connectivity index is 1.88. The Morgan fingerprint density at radius 3 is 2.81 bits per heavy atom. The first-order chi connectivity index (χ1) is 10.3. The molecular weight excluding hydrogens is 266 g/mol. The average Bonchev–Trinajstić information content (AvgIpc) is 2.98. The topological polar surface area (TPSA) is 56.1 Å². The summed E-state index contributed by atoms with van der Waals surface area (Å²) in [6.45, 7) is 4.71. The van der Waals surface area contributed by atoms with Crippen molar-refractivity contribution in [3.05, 3.63) is 29.7 Å². The SMILES string of the molecule is COCc1ccn(-c2ncc(C)c(N3CCCCC3)n2)n1. The molecule has 0 bridgehead atoms. The van der Waals surface area contributed by atoms with Crippen LogP contribution >= 0.6 is 0 Å². The van der Waals surface area contributed by atoms with E-state index in [1.165, 1.54) is 19.3 Å². The van der Waals surface area contributed by atoms with Crippen LogP contribution in [0, 0.1) is 6.92 Å². The summed E-state index contributed by atoms with van der Waals surface area (Å²) >= 11 is 0. The zero-order valence-electron chi connectivity index (χ0n) is 12.6. The molecule has 21 heavy (non-hydrogen) atoms. The number of piperidine rings is 1. The number of nitrogens with zero attached hydrogens (tertiary/aromatic N) is 5. The van der Waals surface area contributed by atoms with Crippen LogP contribution in [0.15, 0.2) is 18.5 Å². The Kier molecular flexibility index (Phi) is 4.15. The van der Waals surface area contributed by atoms with Crippen molar-refractivity contribution in [3.63, 3.8) is 0 Å². The molecule has 1 aliphatic heterocycles. The smallest absolute Gasteiger partial charge is 0.252 e. The predicted octanol–water partition coefficient (Wildman–Crippen LogP) is 2.11. The lowest BCUT2D eigenvalue weighted by Crippen LogP contribution is -2.31. The molecule has 3 heterocycles. The van der Waals surface area contributed by atoms with Crippen LogP contribution < -0.4 is 4.90 Å². The molecule has 0 N–H and O–H groups in total. The summed E-state index contributed by atoms with van der Waals surface area (Å²) in [5.41, 5.74) is 1.99. The van der Waals surface area contributed by atoms with E-state index in [9.17, 15) is 0 Å². The van der Waals surface area contributed by atoms with Gasteiger partial charge >= 0.3 is 0 Å². The maximum absolute atomic E-state index is 5.09. The number of hydrogen-bond donors (Lipinski definition) is 0. The molecule has 0 spiro atoms. The highest BCUT2D eigenvalue weighted by atomic mass is 16.5. The van der Waals surface area contributed by atoms with Gasteiger partial charge in [-0.15, -0.1) is 0 Å². The Morgan fingerprint density at radius 1 is 1.24 bits per heavy atom. The minimum atomic E-state index is 0.498. The molecule has 1 saturated heterocycles. The number of anilines is 1. The second kappa shape index (κ2) is 6.22.